The zero-order valence-electron chi connectivity index (χ0n) is 31.7. The van der Waals surface area contributed by atoms with E-state index in [4.69, 9.17) is 0 Å². The molecule has 2 aromatic carbocycles. The number of fused-ring (bicyclic) bond motifs is 1. The van der Waals surface area contributed by atoms with Crippen LogP contribution in [0.25, 0.3) is 10.8 Å². The summed E-state index contributed by atoms with van der Waals surface area (Å²) in [6.07, 6.45) is 43.1. The van der Waals surface area contributed by atoms with Crippen LogP contribution in [0.5, 0.6) is 0 Å². The zero-order chi connectivity index (χ0) is 34.5. The third-order valence-corrected chi connectivity index (χ3v) is 11.3. The maximum atomic E-state index is 11.9. The normalized spacial score (nSPS) is 12.0. The quantitative estimate of drug-likeness (QED) is 0.0601. The highest BCUT2D eigenvalue weighted by Crippen LogP contribution is 2.27. The van der Waals surface area contributed by atoms with Gasteiger partial charge < -0.3 is 0 Å². The first kappa shape index (κ1) is 42.8. The third-order valence-electron chi connectivity index (χ3n) is 10.5. The molecule has 2 aromatic rings. The molecule has 0 saturated heterocycles. The molecule has 3 nitrogen and oxygen atoms in total. The lowest BCUT2D eigenvalue weighted by molar-refractivity contribution is 0.483. The van der Waals surface area contributed by atoms with Gasteiger partial charge >= 0.3 is 0 Å². The van der Waals surface area contributed by atoms with Crippen molar-refractivity contribution in [3.05, 3.63) is 41.5 Å². The molecule has 0 amide bonds. The van der Waals surface area contributed by atoms with Gasteiger partial charge in [0.15, 0.2) is 0 Å². The van der Waals surface area contributed by atoms with Gasteiger partial charge in [-0.15, -0.1) is 0 Å². The van der Waals surface area contributed by atoms with Gasteiger partial charge in [0, 0.05) is 0 Å². The molecule has 0 fully saturated rings. The first-order chi connectivity index (χ1) is 23.5. The summed E-state index contributed by atoms with van der Waals surface area (Å²) in [6.45, 7) is 4.57. The Morgan fingerprint density at radius 2 is 0.792 bits per heavy atom. The van der Waals surface area contributed by atoms with Gasteiger partial charge in [0.25, 0.3) is 10.1 Å². The van der Waals surface area contributed by atoms with Crippen LogP contribution in [0, 0.1) is 0 Å². The van der Waals surface area contributed by atoms with E-state index in [0.29, 0.717) is 0 Å². The predicted octanol–water partition coefficient (Wildman–Crippen LogP) is 14.9. The van der Waals surface area contributed by atoms with Crippen LogP contribution in [0.15, 0.2) is 35.2 Å². The number of rotatable bonds is 33. The van der Waals surface area contributed by atoms with Gasteiger partial charge in [-0.2, -0.15) is 8.42 Å². The summed E-state index contributed by atoms with van der Waals surface area (Å²) < 4.78 is 33.5. The van der Waals surface area contributed by atoms with E-state index in [0.717, 1.165) is 30.0 Å². The molecule has 0 spiro atoms. The molecule has 1 N–H and O–H groups in total. The molecule has 0 saturated carbocycles. The van der Waals surface area contributed by atoms with Gasteiger partial charge in [-0.05, 0) is 59.7 Å². The smallest absolute Gasteiger partial charge is 0.282 e. The monoisotopic (exact) mass is 685 g/mol. The van der Waals surface area contributed by atoms with Crippen LogP contribution in [-0.2, 0) is 23.0 Å². The highest BCUT2D eigenvalue weighted by molar-refractivity contribution is 7.85. The molecule has 0 unspecified atom stereocenters. The van der Waals surface area contributed by atoms with E-state index >= 15 is 0 Å². The van der Waals surface area contributed by atoms with Crippen LogP contribution in [0.1, 0.15) is 218 Å². The summed E-state index contributed by atoms with van der Waals surface area (Å²) >= 11 is 0. The zero-order valence-corrected chi connectivity index (χ0v) is 32.5. The molecule has 0 atom stereocenters. The van der Waals surface area contributed by atoms with Crippen molar-refractivity contribution < 1.29 is 13.0 Å². The maximum Gasteiger partial charge on any atom is 0.294 e. The molecule has 0 aliphatic heterocycles. The molecule has 276 valence electrons. The van der Waals surface area contributed by atoms with Crippen molar-refractivity contribution >= 4 is 20.9 Å². The average molecular weight is 685 g/mol. The van der Waals surface area contributed by atoms with Crippen LogP contribution in [0.2, 0.25) is 0 Å². The second-order valence-corrected chi connectivity index (χ2v) is 16.4. The largest absolute Gasteiger partial charge is 0.294 e. The van der Waals surface area contributed by atoms with Crippen molar-refractivity contribution in [2.45, 2.75) is 224 Å². The standard InChI is InChI=1S/C44H76O3S/c1-3-5-7-9-11-13-15-17-19-21-23-25-27-29-31-33-40-37-41(44-39-43(48(45,46)47)36-35-42(44)38-40)34-32-30-28-26-24-22-20-18-16-14-12-10-8-6-4-2/h35-39H,3-34H2,1-2H3,(H,45,46,47). The van der Waals surface area contributed by atoms with Crippen molar-refractivity contribution in [3.8, 4) is 0 Å². The Morgan fingerprint density at radius 3 is 1.17 bits per heavy atom. The molecule has 0 aliphatic carbocycles. The Balaban J connectivity index is 1.66. The molecule has 4 heteroatoms. The lowest BCUT2D eigenvalue weighted by Gasteiger charge is -2.12. The van der Waals surface area contributed by atoms with Gasteiger partial charge in [0.05, 0.1) is 4.90 Å². The van der Waals surface area contributed by atoms with Crippen molar-refractivity contribution in [1.82, 2.24) is 0 Å². The van der Waals surface area contributed by atoms with Crippen LogP contribution < -0.4 is 0 Å². The predicted molar refractivity (Wildman–Crippen MR) is 211 cm³/mol. The number of benzene rings is 2. The number of hydrogen-bond acceptors (Lipinski definition) is 2. The first-order valence-electron chi connectivity index (χ1n) is 21.0. The van der Waals surface area contributed by atoms with Gasteiger partial charge in [-0.3, -0.25) is 4.55 Å². The average Bonchev–Trinajstić information content (AvgIpc) is 3.07. The van der Waals surface area contributed by atoms with Crippen molar-refractivity contribution in [2.24, 2.45) is 0 Å². The van der Waals surface area contributed by atoms with E-state index < -0.39 is 10.1 Å². The molecule has 0 heterocycles. The van der Waals surface area contributed by atoms with E-state index in [1.54, 1.807) is 12.1 Å². The Hall–Kier alpha value is -1.39. The summed E-state index contributed by atoms with van der Waals surface area (Å²) in [4.78, 5) is 0.00269. The lowest BCUT2D eigenvalue weighted by Crippen LogP contribution is -1.99. The fourth-order valence-electron chi connectivity index (χ4n) is 7.38. The van der Waals surface area contributed by atoms with Crippen LogP contribution >= 0.6 is 0 Å². The second kappa shape index (κ2) is 28.3. The van der Waals surface area contributed by atoms with E-state index in [9.17, 15) is 13.0 Å². The Morgan fingerprint density at radius 1 is 0.438 bits per heavy atom. The Bertz CT molecular complexity index is 1160. The van der Waals surface area contributed by atoms with E-state index in [-0.39, 0.29) is 4.90 Å². The third kappa shape index (κ3) is 21.0. The number of unbranched alkanes of at least 4 members (excludes halogenated alkanes) is 28. The molecule has 0 radical (unpaired) electrons. The second-order valence-electron chi connectivity index (χ2n) is 15.0. The van der Waals surface area contributed by atoms with Gasteiger partial charge in [-0.25, -0.2) is 0 Å². The van der Waals surface area contributed by atoms with Crippen LogP contribution in [0.3, 0.4) is 0 Å². The fourth-order valence-corrected chi connectivity index (χ4v) is 7.89. The van der Waals surface area contributed by atoms with Crippen LogP contribution in [0.4, 0.5) is 0 Å². The summed E-state index contributed by atoms with van der Waals surface area (Å²) in [7, 11) is -4.21. The van der Waals surface area contributed by atoms with Crippen molar-refractivity contribution in [2.75, 3.05) is 0 Å². The number of hydrogen-bond donors (Lipinski definition) is 1. The minimum absolute atomic E-state index is 0.00269. The summed E-state index contributed by atoms with van der Waals surface area (Å²) in [5, 5.41) is 2.08. The highest BCUT2D eigenvalue weighted by Gasteiger charge is 2.13. The molecule has 2 rings (SSSR count). The summed E-state index contributed by atoms with van der Waals surface area (Å²) in [6, 6.07) is 9.67. The van der Waals surface area contributed by atoms with Gasteiger partial charge in [0.2, 0.25) is 0 Å². The molecule has 0 aliphatic rings. The molecular formula is C44H76O3S. The van der Waals surface area contributed by atoms with E-state index in [2.05, 4.69) is 26.0 Å². The molecule has 48 heavy (non-hydrogen) atoms. The van der Waals surface area contributed by atoms with Gasteiger partial charge in [-0.1, -0.05) is 212 Å². The molecule has 0 aromatic heterocycles. The topological polar surface area (TPSA) is 54.4 Å². The maximum absolute atomic E-state index is 11.9. The Labute approximate surface area is 298 Å². The Kier molecular flexibility index (Phi) is 25.2. The van der Waals surface area contributed by atoms with Crippen LogP contribution in [-0.4, -0.2) is 13.0 Å². The van der Waals surface area contributed by atoms with Gasteiger partial charge in [0.1, 0.15) is 0 Å². The van der Waals surface area contributed by atoms with E-state index in [1.807, 2.05) is 6.07 Å². The fraction of sp³-hybridized carbons (Fsp3) is 0.773. The number of aryl methyl sites for hydroxylation is 2. The summed E-state index contributed by atoms with van der Waals surface area (Å²) in [5.41, 5.74) is 2.61. The van der Waals surface area contributed by atoms with Crippen molar-refractivity contribution in [1.29, 1.82) is 0 Å². The molecule has 0 bridgehead atoms. The first-order valence-corrected chi connectivity index (χ1v) is 22.4. The molecular weight excluding hydrogens is 609 g/mol. The highest BCUT2D eigenvalue weighted by atomic mass is 32.2. The minimum atomic E-state index is -4.21. The van der Waals surface area contributed by atoms with E-state index in [1.165, 1.54) is 197 Å². The minimum Gasteiger partial charge on any atom is -0.282 e. The summed E-state index contributed by atoms with van der Waals surface area (Å²) in [5.74, 6) is 0. The van der Waals surface area contributed by atoms with Crippen molar-refractivity contribution in [3.63, 3.8) is 0 Å². The SMILES string of the molecule is CCCCCCCCCCCCCCCCCc1cc(CCCCCCCCCCCCCCCCC)c2cc(S(=O)(=O)O)ccc2c1. The lowest BCUT2D eigenvalue weighted by atomic mass is 9.94.